The first-order valence-corrected chi connectivity index (χ1v) is 8.53. The van der Waals surface area contributed by atoms with E-state index in [1.807, 2.05) is 11.3 Å². The summed E-state index contributed by atoms with van der Waals surface area (Å²) in [4.78, 5) is 3.74. The van der Waals surface area contributed by atoms with Crippen molar-refractivity contribution >= 4 is 27.3 Å². The standard InChI is InChI=1S/C16H21BrN2S/c1-13(16-8-5-11-20-16)18-9-10-19(2)12-14-6-3-4-7-15(14)17/h3-8,11,13,18H,9-10,12H2,1-2H3. The number of nitrogens with zero attached hydrogens (tertiary/aromatic N) is 1. The molecule has 20 heavy (non-hydrogen) atoms. The molecule has 1 N–H and O–H groups in total. The van der Waals surface area contributed by atoms with E-state index in [1.165, 1.54) is 14.9 Å². The highest BCUT2D eigenvalue weighted by molar-refractivity contribution is 9.10. The number of hydrogen-bond donors (Lipinski definition) is 1. The Labute approximate surface area is 133 Å². The van der Waals surface area contributed by atoms with E-state index in [0.29, 0.717) is 6.04 Å². The lowest BCUT2D eigenvalue weighted by atomic mass is 10.2. The van der Waals surface area contributed by atoms with Gasteiger partial charge in [0.25, 0.3) is 0 Å². The number of nitrogens with one attached hydrogen (secondary N) is 1. The SMILES string of the molecule is CC(NCCN(C)Cc1ccccc1Br)c1cccs1. The van der Waals surface area contributed by atoms with Crippen molar-refractivity contribution in [3.8, 4) is 0 Å². The van der Waals surface area contributed by atoms with Crippen molar-refractivity contribution < 1.29 is 0 Å². The van der Waals surface area contributed by atoms with Crippen LogP contribution >= 0.6 is 27.3 Å². The molecule has 108 valence electrons. The van der Waals surface area contributed by atoms with Gasteiger partial charge in [-0.05, 0) is 37.0 Å². The van der Waals surface area contributed by atoms with Crippen molar-refractivity contribution in [3.05, 3.63) is 56.7 Å². The van der Waals surface area contributed by atoms with Gasteiger partial charge in [-0.25, -0.2) is 0 Å². The van der Waals surface area contributed by atoms with E-state index >= 15 is 0 Å². The molecule has 0 bridgehead atoms. The maximum absolute atomic E-state index is 3.60. The minimum atomic E-state index is 0.437. The Kier molecular flexibility index (Phi) is 6.23. The van der Waals surface area contributed by atoms with Gasteiger partial charge in [0, 0.05) is 35.0 Å². The maximum Gasteiger partial charge on any atom is 0.0386 e. The highest BCUT2D eigenvalue weighted by atomic mass is 79.9. The predicted molar refractivity (Wildman–Crippen MR) is 91.2 cm³/mol. The van der Waals surface area contributed by atoms with E-state index in [-0.39, 0.29) is 0 Å². The number of benzene rings is 1. The van der Waals surface area contributed by atoms with Crippen LogP contribution in [-0.4, -0.2) is 25.0 Å². The number of hydrogen-bond acceptors (Lipinski definition) is 3. The summed E-state index contributed by atoms with van der Waals surface area (Å²) in [5.41, 5.74) is 1.33. The van der Waals surface area contributed by atoms with E-state index in [0.717, 1.165) is 19.6 Å². The third kappa shape index (κ3) is 4.70. The molecule has 0 saturated heterocycles. The normalized spacial score (nSPS) is 12.8. The number of rotatable bonds is 7. The first-order chi connectivity index (χ1) is 9.66. The highest BCUT2D eigenvalue weighted by Gasteiger charge is 2.07. The lowest BCUT2D eigenvalue weighted by molar-refractivity contribution is 0.318. The minimum Gasteiger partial charge on any atom is -0.308 e. The molecule has 0 fully saturated rings. The molecular formula is C16H21BrN2S. The van der Waals surface area contributed by atoms with Crippen LogP contribution in [0.3, 0.4) is 0 Å². The lowest BCUT2D eigenvalue weighted by Gasteiger charge is -2.19. The molecule has 0 aliphatic rings. The summed E-state index contributed by atoms with van der Waals surface area (Å²) in [6.45, 7) is 5.23. The molecule has 0 aliphatic heterocycles. The number of likely N-dealkylation sites (N-methyl/N-ethyl adjacent to an activating group) is 1. The van der Waals surface area contributed by atoms with Crippen molar-refractivity contribution in [2.45, 2.75) is 19.5 Å². The third-order valence-electron chi connectivity index (χ3n) is 3.31. The topological polar surface area (TPSA) is 15.3 Å². The van der Waals surface area contributed by atoms with Crippen LogP contribution in [0.1, 0.15) is 23.4 Å². The van der Waals surface area contributed by atoms with Crippen LogP contribution in [0.2, 0.25) is 0 Å². The molecule has 2 rings (SSSR count). The van der Waals surface area contributed by atoms with Gasteiger partial charge < -0.3 is 10.2 Å². The van der Waals surface area contributed by atoms with Gasteiger partial charge >= 0.3 is 0 Å². The Morgan fingerprint density at radius 1 is 1.25 bits per heavy atom. The zero-order chi connectivity index (χ0) is 14.4. The van der Waals surface area contributed by atoms with E-state index < -0.39 is 0 Å². The lowest BCUT2D eigenvalue weighted by Crippen LogP contribution is -2.30. The average molecular weight is 353 g/mol. The molecule has 0 radical (unpaired) electrons. The van der Waals surface area contributed by atoms with Gasteiger partial charge in [-0.15, -0.1) is 11.3 Å². The van der Waals surface area contributed by atoms with Crippen molar-refractivity contribution in [2.24, 2.45) is 0 Å². The van der Waals surface area contributed by atoms with Gasteiger partial charge in [-0.2, -0.15) is 0 Å². The summed E-state index contributed by atoms with van der Waals surface area (Å²) >= 11 is 5.41. The average Bonchev–Trinajstić information content (AvgIpc) is 2.95. The summed E-state index contributed by atoms with van der Waals surface area (Å²) in [5.74, 6) is 0. The minimum absolute atomic E-state index is 0.437. The monoisotopic (exact) mass is 352 g/mol. The molecule has 0 aliphatic carbocycles. The van der Waals surface area contributed by atoms with Gasteiger partial charge in [0.1, 0.15) is 0 Å². The summed E-state index contributed by atoms with van der Waals surface area (Å²) in [6, 6.07) is 13.1. The molecule has 4 heteroatoms. The van der Waals surface area contributed by atoms with Crippen molar-refractivity contribution in [1.82, 2.24) is 10.2 Å². The summed E-state index contributed by atoms with van der Waals surface area (Å²) in [5, 5.41) is 5.70. The largest absolute Gasteiger partial charge is 0.308 e. The van der Waals surface area contributed by atoms with Gasteiger partial charge in [0.15, 0.2) is 0 Å². The van der Waals surface area contributed by atoms with E-state index in [1.54, 1.807) is 0 Å². The van der Waals surface area contributed by atoms with E-state index in [4.69, 9.17) is 0 Å². The van der Waals surface area contributed by atoms with Crippen molar-refractivity contribution in [3.63, 3.8) is 0 Å². The Hall–Kier alpha value is -0.680. The Balaban J connectivity index is 1.73. The maximum atomic E-state index is 3.60. The molecule has 1 atom stereocenters. The molecule has 0 spiro atoms. The van der Waals surface area contributed by atoms with Crippen LogP contribution in [0.5, 0.6) is 0 Å². The molecule has 0 saturated carbocycles. The van der Waals surface area contributed by atoms with Crippen LogP contribution in [0.15, 0.2) is 46.3 Å². The second-order valence-electron chi connectivity index (χ2n) is 5.02. The second-order valence-corrected chi connectivity index (χ2v) is 6.85. The molecule has 1 aromatic heterocycles. The highest BCUT2D eigenvalue weighted by Crippen LogP contribution is 2.18. The zero-order valence-electron chi connectivity index (χ0n) is 12.0. The molecule has 1 heterocycles. The van der Waals surface area contributed by atoms with E-state index in [2.05, 4.69) is 81.9 Å². The number of halogens is 1. The van der Waals surface area contributed by atoms with Gasteiger partial charge in [0.05, 0.1) is 0 Å². The second kappa shape index (κ2) is 7.93. The first-order valence-electron chi connectivity index (χ1n) is 6.85. The van der Waals surface area contributed by atoms with E-state index in [9.17, 15) is 0 Å². The van der Waals surface area contributed by atoms with Crippen LogP contribution in [0.25, 0.3) is 0 Å². The summed E-state index contributed by atoms with van der Waals surface area (Å²) in [6.07, 6.45) is 0. The van der Waals surface area contributed by atoms with Crippen LogP contribution in [0.4, 0.5) is 0 Å². The smallest absolute Gasteiger partial charge is 0.0386 e. The Morgan fingerprint density at radius 2 is 2.05 bits per heavy atom. The molecule has 2 nitrogen and oxygen atoms in total. The Bertz CT molecular complexity index is 513. The molecular weight excluding hydrogens is 332 g/mol. The number of thiophene rings is 1. The fourth-order valence-electron chi connectivity index (χ4n) is 2.11. The quantitative estimate of drug-likeness (QED) is 0.799. The van der Waals surface area contributed by atoms with Crippen molar-refractivity contribution in [2.75, 3.05) is 20.1 Å². The molecule has 1 unspecified atom stereocenters. The first kappa shape index (κ1) is 15.7. The van der Waals surface area contributed by atoms with Crippen LogP contribution in [0, 0.1) is 0 Å². The molecule has 0 amide bonds. The third-order valence-corrected chi connectivity index (χ3v) is 5.14. The fourth-order valence-corrected chi connectivity index (χ4v) is 3.28. The van der Waals surface area contributed by atoms with Crippen LogP contribution < -0.4 is 5.32 Å². The van der Waals surface area contributed by atoms with Crippen LogP contribution in [-0.2, 0) is 6.54 Å². The summed E-state index contributed by atoms with van der Waals surface area (Å²) < 4.78 is 1.19. The molecule has 1 aromatic carbocycles. The zero-order valence-corrected chi connectivity index (χ0v) is 14.4. The Morgan fingerprint density at radius 3 is 2.75 bits per heavy atom. The predicted octanol–water partition coefficient (Wildman–Crippen LogP) is 4.29. The summed E-state index contributed by atoms with van der Waals surface area (Å²) in [7, 11) is 2.16. The van der Waals surface area contributed by atoms with Gasteiger partial charge in [0.2, 0.25) is 0 Å². The van der Waals surface area contributed by atoms with Gasteiger partial charge in [-0.1, -0.05) is 40.2 Å². The fraction of sp³-hybridized carbons (Fsp3) is 0.375. The van der Waals surface area contributed by atoms with Gasteiger partial charge in [-0.3, -0.25) is 0 Å². The molecule has 2 aromatic rings. The van der Waals surface area contributed by atoms with Crippen molar-refractivity contribution in [1.29, 1.82) is 0 Å².